The van der Waals surface area contributed by atoms with Crippen molar-refractivity contribution in [1.29, 1.82) is 0 Å². The summed E-state index contributed by atoms with van der Waals surface area (Å²) in [5, 5.41) is 0. The largest absolute Gasteiger partial charge is 0.416 e. The predicted molar refractivity (Wildman–Crippen MR) is 73.0 cm³/mol. The molecule has 1 amide bonds. The SMILES string of the molecule is CCCCN(CCCl)C(=O)c1ccc(C(F)(F)F)cc1. The molecule has 0 radical (unpaired) electrons. The van der Waals surface area contributed by atoms with Gasteiger partial charge in [0.15, 0.2) is 0 Å². The maximum atomic E-state index is 12.5. The van der Waals surface area contributed by atoms with Crippen molar-refractivity contribution in [3.05, 3.63) is 35.4 Å². The molecular formula is C14H17ClF3NO. The molecule has 0 aliphatic carbocycles. The third kappa shape index (κ3) is 4.71. The van der Waals surface area contributed by atoms with Gasteiger partial charge in [0.25, 0.3) is 5.91 Å². The smallest absolute Gasteiger partial charge is 0.337 e. The van der Waals surface area contributed by atoms with Gasteiger partial charge in [-0.2, -0.15) is 13.2 Å². The van der Waals surface area contributed by atoms with Crippen molar-refractivity contribution >= 4 is 17.5 Å². The topological polar surface area (TPSA) is 20.3 Å². The second-order valence-corrected chi connectivity index (χ2v) is 4.79. The minimum atomic E-state index is -4.39. The third-order valence-electron chi connectivity index (χ3n) is 2.88. The van der Waals surface area contributed by atoms with E-state index < -0.39 is 11.7 Å². The molecule has 0 unspecified atom stereocenters. The van der Waals surface area contributed by atoms with Crippen molar-refractivity contribution in [2.24, 2.45) is 0 Å². The Balaban J connectivity index is 2.83. The third-order valence-corrected chi connectivity index (χ3v) is 3.05. The summed E-state index contributed by atoms with van der Waals surface area (Å²) in [6.07, 6.45) is -2.62. The lowest BCUT2D eigenvalue weighted by molar-refractivity contribution is -0.137. The summed E-state index contributed by atoms with van der Waals surface area (Å²) in [7, 11) is 0. The summed E-state index contributed by atoms with van der Waals surface area (Å²) in [5.74, 6) is 0.0173. The molecule has 2 nitrogen and oxygen atoms in total. The fourth-order valence-electron chi connectivity index (χ4n) is 1.75. The monoisotopic (exact) mass is 307 g/mol. The van der Waals surface area contributed by atoms with Gasteiger partial charge < -0.3 is 4.90 Å². The molecule has 1 aromatic rings. The molecule has 0 fully saturated rings. The molecule has 0 spiro atoms. The van der Waals surface area contributed by atoms with Crippen molar-refractivity contribution in [3.8, 4) is 0 Å². The van der Waals surface area contributed by atoms with Crippen molar-refractivity contribution in [2.75, 3.05) is 19.0 Å². The first-order chi connectivity index (χ1) is 9.40. The van der Waals surface area contributed by atoms with Crippen LogP contribution >= 0.6 is 11.6 Å². The normalized spacial score (nSPS) is 11.4. The maximum absolute atomic E-state index is 12.5. The number of nitrogens with zero attached hydrogens (tertiary/aromatic N) is 1. The van der Waals surface area contributed by atoms with Gasteiger partial charge in [-0.25, -0.2) is 0 Å². The van der Waals surface area contributed by atoms with E-state index in [4.69, 9.17) is 11.6 Å². The van der Waals surface area contributed by atoms with Crippen molar-refractivity contribution in [1.82, 2.24) is 4.90 Å². The van der Waals surface area contributed by atoms with E-state index in [0.717, 1.165) is 25.0 Å². The van der Waals surface area contributed by atoms with Crippen LogP contribution < -0.4 is 0 Å². The van der Waals surface area contributed by atoms with E-state index in [1.165, 1.54) is 12.1 Å². The Kier molecular flexibility index (Phi) is 6.33. The first-order valence-corrected chi connectivity index (χ1v) is 6.96. The number of carbonyl (C=O) groups is 1. The molecule has 0 aromatic heterocycles. The van der Waals surface area contributed by atoms with E-state index in [2.05, 4.69) is 0 Å². The Morgan fingerprint density at radius 1 is 1.20 bits per heavy atom. The fourth-order valence-corrected chi connectivity index (χ4v) is 1.95. The van der Waals surface area contributed by atoms with Crippen LogP contribution in [0, 0.1) is 0 Å². The molecule has 20 heavy (non-hydrogen) atoms. The summed E-state index contributed by atoms with van der Waals surface area (Å²) >= 11 is 5.65. The van der Waals surface area contributed by atoms with Crippen molar-refractivity contribution < 1.29 is 18.0 Å². The minimum absolute atomic E-state index is 0.249. The zero-order chi connectivity index (χ0) is 15.2. The highest BCUT2D eigenvalue weighted by Gasteiger charge is 2.30. The molecular weight excluding hydrogens is 291 g/mol. The summed E-state index contributed by atoms with van der Waals surface area (Å²) in [4.78, 5) is 13.8. The summed E-state index contributed by atoms with van der Waals surface area (Å²) in [6, 6.07) is 4.26. The number of unbranched alkanes of at least 4 members (excludes halogenated alkanes) is 1. The maximum Gasteiger partial charge on any atom is 0.416 e. The minimum Gasteiger partial charge on any atom is -0.337 e. The quantitative estimate of drug-likeness (QED) is 0.722. The molecule has 0 aliphatic heterocycles. The summed E-state index contributed by atoms with van der Waals surface area (Å²) in [6.45, 7) is 2.95. The average Bonchev–Trinajstić information content (AvgIpc) is 2.42. The second kappa shape index (κ2) is 7.53. The van der Waals surface area contributed by atoms with Gasteiger partial charge in [-0.05, 0) is 30.7 Å². The zero-order valence-corrected chi connectivity index (χ0v) is 12.0. The fraction of sp³-hybridized carbons (Fsp3) is 0.500. The van der Waals surface area contributed by atoms with E-state index >= 15 is 0 Å². The molecule has 0 aliphatic rings. The van der Waals surface area contributed by atoms with E-state index in [1.807, 2.05) is 6.92 Å². The molecule has 0 heterocycles. The average molecular weight is 308 g/mol. The number of benzene rings is 1. The molecule has 0 N–H and O–H groups in total. The van der Waals surface area contributed by atoms with Crippen LogP contribution in [0.3, 0.4) is 0 Å². The van der Waals surface area contributed by atoms with E-state index in [1.54, 1.807) is 4.90 Å². The van der Waals surface area contributed by atoms with Crippen molar-refractivity contribution in [2.45, 2.75) is 25.9 Å². The Morgan fingerprint density at radius 2 is 1.80 bits per heavy atom. The van der Waals surface area contributed by atoms with E-state index in [0.29, 0.717) is 19.0 Å². The van der Waals surface area contributed by atoms with Gasteiger partial charge in [0.05, 0.1) is 5.56 Å². The number of carbonyl (C=O) groups excluding carboxylic acids is 1. The number of hydrogen-bond acceptors (Lipinski definition) is 1. The van der Waals surface area contributed by atoms with Gasteiger partial charge in [-0.3, -0.25) is 4.79 Å². The number of amides is 1. The molecule has 1 aromatic carbocycles. The van der Waals surface area contributed by atoms with E-state index in [-0.39, 0.29) is 11.5 Å². The number of halogens is 4. The van der Waals surface area contributed by atoms with Gasteiger partial charge >= 0.3 is 6.18 Å². The predicted octanol–water partition coefficient (Wildman–Crippen LogP) is 4.19. The van der Waals surface area contributed by atoms with Crippen LogP contribution in [0.15, 0.2) is 24.3 Å². The molecule has 1 rings (SSSR count). The van der Waals surface area contributed by atoms with Crippen molar-refractivity contribution in [3.63, 3.8) is 0 Å². The van der Waals surface area contributed by atoms with Crippen LogP contribution in [0.1, 0.15) is 35.7 Å². The lowest BCUT2D eigenvalue weighted by atomic mass is 10.1. The molecule has 0 atom stereocenters. The number of rotatable bonds is 6. The van der Waals surface area contributed by atoms with Gasteiger partial charge in [-0.1, -0.05) is 13.3 Å². The van der Waals surface area contributed by atoms with Crippen LogP contribution in [0.5, 0.6) is 0 Å². The lowest BCUT2D eigenvalue weighted by Gasteiger charge is -2.21. The van der Waals surface area contributed by atoms with Crippen LogP contribution in [0.25, 0.3) is 0 Å². The first kappa shape index (κ1) is 16.8. The Hall–Kier alpha value is -1.23. The van der Waals surface area contributed by atoms with Crippen LogP contribution in [-0.4, -0.2) is 29.8 Å². The van der Waals surface area contributed by atoms with Crippen LogP contribution in [-0.2, 0) is 6.18 Å². The van der Waals surface area contributed by atoms with Gasteiger partial charge in [-0.15, -0.1) is 11.6 Å². The standard InChI is InChI=1S/C14H17ClF3NO/c1-2-3-9-19(10-8-15)13(20)11-4-6-12(7-5-11)14(16,17)18/h4-7H,2-3,8-10H2,1H3. The molecule has 0 bridgehead atoms. The molecule has 6 heteroatoms. The molecule has 0 saturated heterocycles. The van der Waals surface area contributed by atoms with Crippen LogP contribution in [0.2, 0.25) is 0 Å². The number of hydrogen-bond donors (Lipinski definition) is 0. The Labute approximate surface area is 121 Å². The highest BCUT2D eigenvalue weighted by molar-refractivity contribution is 6.18. The Morgan fingerprint density at radius 3 is 2.25 bits per heavy atom. The molecule has 0 saturated carbocycles. The molecule has 112 valence electrons. The number of alkyl halides is 4. The highest BCUT2D eigenvalue weighted by Crippen LogP contribution is 2.29. The summed E-state index contributed by atoms with van der Waals surface area (Å²) in [5.41, 5.74) is -0.509. The first-order valence-electron chi connectivity index (χ1n) is 6.42. The van der Waals surface area contributed by atoms with Gasteiger partial charge in [0, 0.05) is 24.5 Å². The van der Waals surface area contributed by atoms with Gasteiger partial charge in [0.2, 0.25) is 0 Å². The highest BCUT2D eigenvalue weighted by atomic mass is 35.5. The van der Waals surface area contributed by atoms with E-state index in [9.17, 15) is 18.0 Å². The zero-order valence-electron chi connectivity index (χ0n) is 11.2. The lowest BCUT2D eigenvalue weighted by Crippen LogP contribution is -2.33. The Bertz CT molecular complexity index is 431. The second-order valence-electron chi connectivity index (χ2n) is 4.41. The van der Waals surface area contributed by atoms with Gasteiger partial charge in [0.1, 0.15) is 0 Å². The van der Waals surface area contributed by atoms with Crippen LogP contribution in [0.4, 0.5) is 13.2 Å². The summed E-state index contributed by atoms with van der Waals surface area (Å²) < 4.78 is 37.4.